The number of rotatable bonds is 5. The van der Waals surface area contributed by atoms with Gasteiger partial charge >= 0.3 is 6.18 Å². The molecule has 1 unspecified atom stereocenters. The smallest absolute Gasteiger partial charge is 0.334 e. The van der Waals surface area contributed by atoms with Gasteiger partial charge in [-0.15, -0.1) is 0 Å². The molecule has 2 N–H and O–H groups in total. The number of halogens is 3. The fourth-order valence-electron chi connectivity index (χ4n) is 1.10. The van der Waals surface area contributed by atoms with Crippen molar-refractivity contribution in [3.05, 3.63) is 0 Å². The molecule has 15 heavy (non-hydrogen) atoms. The Morgan fingerprint density at radius 2 is 2.00 bits per heavy atom. The van der Waals surface area contributed by atoms with E-state index in [0.717, 1.165) is 4.90 Å². The highest BCUT2D eigenvalue weighted by molar-refractivity contribution is 5.76. The molecule has 0 rings (SSSR count). The predicted octanol–water partition coefficient (Wildman–Crippen LogP) is 1.38. The average Bonchev–Trinajstić information content (AvgIpc) is 2.12. The summed E-state index contributed by atoms with van der Waals surface area (Å²) in [5.41, 5.74) is 5.30. The van der Waals surface area contributed by atoms with Gasteiger partial charge in [0.25, 0.3) is 0 Å². The molecule has 0 saturated heterocycles. The monoisotopic (exact) mass is 226 g/mol. The summed E-state index contributed by atoms with van der Waals surface area (Å²) in [5, 5.41) is 0. The van der Waals surface area contributed by atoms with Gasteiger partial charge in [0.1, 0.15) is 6.54 Å². The van der Waals surface area contributed by atoms with Gasteiger partial charge in [0.2, 0.25) is 5.91 Å². The minimum atomic E-state index is -4.34. The molecule has 0 aliphatic rings. The average molecular weight is 226 g/mol. The number of carbonyl (C=O) groups excluding carboxylic acids is 1. The largest absolute Gasteiger partial charge is 0.406 e. The Labute approximate surface area is 87.4 Å². The number of alkyl halides is 3. The number of amides is 1. The highest BCUT2D eigenvalue weighted by Gasteiger charge is 2.32. The van der Waals surface area contributed by atoms with Gasteiger partial charge in [-0.25, -0.2) is 0 Å². The lowest BCUT2D eigenvalue weighted by Gasteiger charge is -2.23. The number of nitrogens with two attached hydrogens (primary N) is 1. The summed E-state index contributed by atoms with van der Waals surface area (Å²) in [6.07, 6.45) is -4.27. The van der Waals surface area contributed by atoms with Crippen LogP contribution in [0.1, 0.15) is 20.3 Å². The van der Waals surface area contributed by atoms with Gasteiger partial charge in [-0.3, -0.25) is 4.79 Å². The highest BCUT2D eigenvalue weighted by atomic mass is 19.4. The molecule has 0 aromatic rings. The summed E-state index contributed by atoms with van der Waals surface area (Å²) in [6, 6.07) is 0. The molecule has 0 radical (unpaired) electrons. The summed E-state index contributed by atoms with van der Waals surface area (Å²) < 4.78 is 36.2. The summed E-state index contributed by atoms with van der Waals surface area (Å²) in [4.78, 5) is 12.2. The zero-order valence-corrected chi connectivity index (χ0v) is 8.97. The van der Waals surface area contributed by atoms with Crippen LogP contribution in [0.2, 0.25) is 0 Å². The van der Waals surface area contributed by atoms with Crippen LogP contribution in [0, 0.1) is 5.92 Å². The predicted molar refractivity (Wildman–Crippen MR) is 51.1 cm³/mol. The van der Waals surface area contributed by atoms with E-state index in [1.807, 2.05) is 0 Å². The second kappa shape index (κ2) is 5.95. The number of hydrogen-bond donors (Lipinski definition) is 1. The van der Waals surface area contributed by atoms with Crippen molar-refractivity contribution in [2.75, 3.05) is 19.6 Å². The zero-order chi connectivity index (χ0) is 12.1. The van der Waals surface area contributed by atoms with Gasteiger partial charge in [0.05, 0.1) is 0 Å². The minimum absolute atomic E-state index is 0.0651. The van der Waals surface area contributed by atoms with Crippen LogP contribution in [0.3, 0.4) is 0 Å². The van der Waals surface area contributed by atoms with E-state index >= 15 is 0 Å². The molecule has 1 atom stereocenters. The van der Waals surface area contributed by atoms with Crippen molar-refractivity contribution < 1.29 is 18.0 Å². The normalized spacial score (nSPS) is 13.7. The summed E-state index contributed by atoms with van der Waals surface area (Å²) >= 11 is 0. The van der Waals surface area contributed by atoms with Crippen LogP contribution in [0.5, 0.6) is 0 Å². The Morgan fingerprint density at radius 3 is 2.33 bits per heavy atom. The van der Waals surface area contributed by atoms with Crippen LogP contribution in [0.25, 0.3) is 0 Å². The molecule has 0 spiro atoms. The van der Waals surface area contributed by atoms with E-state index in [-0.39, 0.29) is 18.9 Å². The lowest BCUT2D eigenvalue weighted by molar-refractivity contribution is -0.161. The second-order valence-corrected chi connectivity index (χ2v) is 3.57. The maximum atomic E-state index is 12.1. The lowest BCUT2D eigenvalue weighted by Crippen LogP contribution is -2.39. The topological polar surface area (TPSA) is 46.3 Å². The van der Waals surface area contributed by atoms with Gasteiger partial charge < -0.3 is 10.6 Å². The van der Waals surface area contributed by atoms with Gasteiger partial charge in [0, 0.05) is 13.0 Å². The van der Waals surface area contributed by atoms with Crippen molar-refractivity contribution in [2.45, 2.75) is 26.4 Å². The van der Waals surface area contributed by atoms with E-state index in [0.29, 0.717) is 6.54 Å². The molecular formula is C9H17F3N2O. The number of nitrogens with zero attached hydrogens (tertiary/aromatic N) is 1. The van der Waals surface area contributed by atoms with Gasteiger partial charge in [-0.05, 0) is 19.4 Å². The SMILES string of the molecule is CCN(CC(F)(F)F)C(=O)CC(C)CN. The van der Waals surface area contributed by atoms with Gasteiger partial charge in [-0.2, -0.15) is 13.2 Å². The number of carbonyl (C=O) groups is 1. The summed E-state index contributed by atoms with van der Waals surface area (Å²) in [5.74, 6) is -0.576. The third-order valence-electron chi connectivity index (χ3n) is 2.03. The molecule has 3 nitrogen and oxygen atoms in total. The second-order valence-electron chi connectivity index (χ2n) is 3.57. The van der Waals surface area contributed by atoms with Crippen molar-refractivity contribution in [1.82, 2.24) is 4.90 Å². The Morgan fingerprint density at radius 1 is 1.47 bits per heavy atom. The Balaban J connectivity index is 4.23. The molecule has 0 aliphatic carbocycles. The molecule has 0 fully saturated rings. The number of hydrogen-bond acceptors (Lipinski definition) is 2. The van der Waals surface area contributed by atoms with E-state index in [2.05, 4.69) is 0 Å². The van der Waals surface area contributed by atoms with Crippen molar-refractivity contribution in [2.24, 2.45) is 11.7 Å². The van der Waals surface area contributed by atoms with E-state index < -0.39 is 18.6 Å². The first-order valence-corrected chi connectivity index (χ1v) is 4.84. The van der Waals surface area contributed by atoms with E-state index in [9.17, 15) is 18.0 Å². The quantitative estimate of drug-likeness (QED) is 0.769. The zero-order valence-electron chi connectivity index (χ0n) is 8.97. The molecular weight excluding hydrogens is 209 g/mol. The summed E-state index contributed by atoms with van der Waals surface area (Å²) in [7, 11) is 0. The molecule has 0 aromatic heterocycles. The van der Waals surface area contributed by atoms with Crippen LogP contribution >= 0.6 is 0 Å². The molecule has 0 saturated carbocycles. The molecule has 0 heterocycles. The molecule has 6 heteroatoms. The van der Waals surface area contributed by atoms with E-state index in [4.69, 9.17) is 5.73 Å². The Kier molecular flexibility index (Phi) is 5.64. The van der Waals surface area contributed by atoms with Gasteiger partial charge in [-0.1, -0.05) is 6.92 Å². The van der Waals surface area contributed by atoms with E-state index in [1.165, 1.54) is 6.92 Å². The van der Waals surface area contributed by atoms with Crippen molar-refractivity contribution >= 4 is 5.91 Å². The standard InChI is InChI=1S/C9H17F3N2O/c1-3-14(6-9(10,11)12)8(15)4-7(2)5-13/h7H,3-6,13H2,1-2H3. The molecule has 0 aliphatic heterocycles. The molecule has 1 amide bonds. The van der Waals surface area contributed by atoms with Crippen LogP contribution < -0.4 is 5.73 Å². The van der Waals surface area contributed by atoms with Crippen LogP contribution in [-0.2, 0) is 4.79 Å². The minimum Gasteiger partial charge on any atom is -0.334 e. The molecule has 90 valence electrons. The fraction of sp³-hybridized carbons (Fsp3) is 0.889. The third kappa shape index (κ3) is 6.33. The molecule has 0 aromatic carbocycles. The first kappa shape index (κ1) is 14.2. The first-order valence-electron chi connectivity index (χ1n) is 4.84. The fourth-order valence-corrected chi connectivity index (χ4v) is 1.10. The maximum Gasteiger partial charge on any atom is 0.406 e. The van der Waals surface area contributed by atoms with Crippen molar-refractivity contribution in [3.8, 4) is 0 Å². The van der Waals surface area contributed by atoms with Crippen molar-refractivity contribution in [3.63, 3.8) is 0 Å². The summed E-state index contributed by atoms with van der Waals surface area (Å²) in [6.45, 7) is 2.45. The maximum absolute atomic E-state index is 12.1. The van der Waals surface area contributed by atoms with Crippen LogP contribution in [0.15, 0.2) is 0 Å². The molecule has 0 bridgehead atoms. The van der Waals surface area contributed by atoms with Crippen LogP contribution in [0.4, 0.5) is 13.2 Å². The van der Waals surface area contributed by atoms with Gasteiger partial charge in [0.15, 0.2) is 0 Å². The Bertz CT molecular complexity index is 206. The van der Waals surface area contributed by atoms with E-state index in [1.54, 1.807) is 6.92 Å². The Hall–Kier alpha value is -0.780. The third-order valence-corrected chi connectivity index (χ3v) is 2.03. The van der Waals surface area contributed by atoms with Crippen LogP contribution in [-0.4, -0.2) is 36.6 Å². The first-order chi connectivity index (χ1) is 6.80. The lowest BCUT2D eigenvalue weighted by atomic mass is 10.1. The van der Waals surface area contributed by atoms with Crippen molar-refractivity contribution in [1.29, 1.82) is 0 Å². The highest BCUT2D eigenvalue weighted by Crippen LogP contribution is 2.17.